The van der Waals surface area contributed by atoms with Crippen molar-refractivity contribution < 1.29 is 9.53 Å². The minimum atomic E-state index is -0.0934. The fourth-order valence-electron chi connectivity index (χ4n) is 2.64. The van der Waals surface area contributed by atoms with Gasteiger partial charge in [0, 0.05) is 23.6 Å². The van der Waals surface area contributed by atoms with Crippen molar-refractivity contribution in [2.75, 3.05) is 19.7 Å². The zero-order chi connectivity index (χ0) is 14.8. The molecule has 1 aromatic rings. The highest BCUT2D eigenvalue weighted by Crippen LogP contribution is 2.26. The molecule has 0 aromatic heterocycles. The SMILES string of the molecule is C[C@@H](C(=O)NC1CC1)N1CCO[C@H](c2cccc(Br)c2)C1. The predicted molar refractivity (Wildman–Crippen MR) is 85.0 cm³/mol. The maximum absolute atomic E-state index is 12.2. The van der Waals surface area contributed by atoms with E-state index in [9.17, 15) is 4.79 Å². The van der Waals surface area contributed by atoms with Gasteiger partial charge >= 0.3 is 0 Å². The van der Waals surface area contributed by atoms with Crippen LogP contribution in [0.4, 0.5) is 0 Å². The van der Waals surface area contributed by atoms with Crippen LogP contribution in [0.3, 0.4) is 0 Å². The molecule has 1 heterocycles. The summed E-state index contributed by atoms with van der Waals surface area (Å²) in [5, 5.41) is 3.09. The minimum Gasteiger partial charge on any atom is -0.371 e. The van der Waals surface area contributed by atoms with Gasteiger partial charge in [-0.15, -0.1) is 0 Å². The molecule has 21 heavy (non-hydrogen) atoms. The first-order chi connectivity index (χ1) is 10.1. The molecule has 1 saturated heterocycles. The van der Waals surface area contributed by atoms with Crippen LogP contribution in [0.15, 0.2) is 28.7 Å². The van der Waals surface area contributed by atoms with E-state index >= 15 is 0 Å². The second-order valence-electron chi connectivity index (χ2n) is 5.87. The summed E-state index contributed by atoms with van der Waals surface area (Å²) in [4.78, 5) is 14.4. The normalized spacial score (nSPS) is 24.6. The highest BCUT2D eigenvalue weighted by atomic mass is 79.9. The molecular formula is C16H21BrN2O2. The van der Waals surface area contributed by atoms with Gasteiger partial charge in [0.25, 0.3) is 0 Å². The Morgan fingerprint density at radius 1 is 1.48 bits per heavy atom. The number of benzene rings is 1. The number of morpholine rings is 1. The Morgan fingerprint density at radius 3 is 3.00 bits per heavy atom. The second-order valence-corrected chi connectivity index (χ2v) is 6.78. The van der Waals surface area contributed by atoms with Gasteiger partial charge in [-0.25, -0.2) is 0 Å². The van der Waals surface area contributed by atoms with Gasteiger partial charge in [-0.2, -0.15) is 0 Å². The standard InChI is InChI=1S/C16H21BrN2O2/c1-11(16(20)18-14-5-6-14)19-7-8-21-15(10-19)12-3-2-4-13(17)9-12/h2-4,9,11,14-15H,5-8,10H2,1H3,(H,18,20)/t11-,15-/m0/s1. The summed E-state index contributed by atoms with van der Waals surface area (Å²) in [6.45, 7) is 4.22. The lowest BCUT2D eigenvalue weighted by atomic mass is 10.1. The zero-order valence-corrected chi connectivity index (χ0v) is 13.8. The maximum Gasteiger partial charge on any atom is 0.237 e. The number of carbonyl (C=O) groups is 1. The number of carbonyl (C=O) groups excluding carboxylic acids is 1. The Bertz CT molecular complexity index is 519. The molecule has 2 fully saturated rings. The fourth-order valence-corrected chi connectivity index (χ4v) is 3.06. The average molecular weight is 353 g/mol. The monoisotopic (exact) mass is 352 g/mol. The van der Waals surface area contributed by atoms with Gasteiger partial charge in [0.15, 0.2) is 0 Å². The smallest absolute Gasteiger partial charge is 0.237 e. The average Bonchev–Trinajstić information content (AvgIpc) is 3.30. The van der Waals surface area contributed by atoms with Gasteiger partial charge < -0.3 is 10.1 Å². The third-order valence-corrected chi connectivity index (χ3v) is 4.66. The molecule has 1 aliphatic heterocycles. The van der Waals surface area contributed by atoms with Crippen LogP contribution in [-0.2, 0) is 9.53 Å². The van der Waals surface area contributed by atoms with Crippen LogP contribution < -0.4 is 5.32 Å². The summed E-state index contributed by atoms with van der Waals surface area (Å²) in [5.74, 6) is 0.146. The number of hydrogen-bond acceptors (Lipinski definition) is 3. The molecule has 1 aromatic carbocycles. The van der Waals surface area contributed by atoms with E-state index in [4.69, 9.17) is 4.74 Å². The van der Waals surface area contributed by atoms with Crippen LogP contribution in [0.2, 0.25) is 0 Å². The summed E-state index contributed by atoms with van der Waals surface area (Å²) in [7, 11) is 0. The highest BCUT2D eigenvalue weighted by molar-refractivity contribution is 9.10. The number of hydrogen-bond donors (Lipinski definition) is 1. The number of halogens is 1. The number of ether oxygens (including phenoxy) is 1. The van der Waals surface area contributed by atoms with E-state index in [1.807, 2.05) is 19.1 Å². The first-order valence-electron chi connectivity index (χ1n) is 7.55. The molecular weight excluding hydrogens is 332 g/mol. The lowest BCUT2D eigenvalue weighted by molar-refractivity contribution is -0.129. The molecule has 1 saturated carbocycles. The Kier molecular flexibility index (Phi) is 4.62. The Labute approximate surface area is 134 Å². The van der Waals surface area contributed by atoms with Crippen molar-refractivity contribution in [2.45, 2.75) is 38.0 Å². The number of nitrogens with zero attached hydrogens (tertiary/aromatic N) is 1. The van der Waals surface area contributed by atoms with E-state index in [2.05, 4.69) is 38.3 Å². The third-order valence-electron chi connectivity index (χ3n) is 4.17. The molecule has 114 valence electrons. The van der Waals surface area contributed by atoms with Crippen LogP contribution in [0.25, 0.3) is 0 Å². The number of nitrogens with one attached hydrogen (secondary N) is 1. The molecule has 1 aliphatic carbocycles. The van der Waals surface area contributed by atoms with E-state index in [1.165, 1.54) is 0 Å². The lowest BCUT2D eigenvalue weighted by Crippen LogP contribution is -2.50. The first kappa shape index (κ1) is 15.0. The molecule has 2 aliphatic rings. The highest BCUT2D eigenvalue weighted by Gasteiger charge is 2.31. The van der Waals surface area contributed by atoms with Crippen LogP contribution in [-0.4, -0.2) is 42.6 Å². The number of rotatable bonds is 4. The molecule has 2 atom stereocenters. The summed E-state index contributed by atoms with van der Waals surface area (Å²) in [6.07, 6.45) is 2.29. The van der Waals surface area contributed by atoms with Gasteiger partial charge in [-0.1, -0.05) is 28.1 Å². The molecule has 5 heteroatoms. The molecule has 1 amide bonds. The molecule has 0 bridgehead atoms. The van der Waals surface area contributed by atoms with Gasteiger partial charge in [-0.05, 0) is 37.5 Å². The second kappa shape index (κ2) is 6.46. The summed E-state index contributed by atoms with van der Waals surface area (Å²) >= 11 is 3.50. The van der Waals surface area contributed by atoms with E-state index in [1.54, 1.807) is 0 Å². The van der Waals surface area contributed by atoms with Crippen molar-refractivity contribution in [3.63, 3.8) is 0 Å². The fraction of sp³-hybridized carbons (Fsp3) is 0.562. The van der Waals surface area contributed by atoms with Crippen molar-refractivity contribution in [1.82, 2.24) is 10.2 Å². The van der Waals surface area contributed by atoms with Crippen molar-refractivity contribution in [1.29, 1.82) is 0 Å². The van der Waals surface area contributed by atoms with Crippen molar-refractivity contribution >= 4 is 21.8 Å². The van der Waals surface area contributed by atoms with Crippen molar-refractivity contribution in [3.8, 4) is 0 Å². The molecule has 1 N–H and O–H groups in total. The maximum atomic E-state index is 12.2. The lowest BCUT2D eigenvalue weighted by Gasteiger charge is -2.36. The van der Waals surface area contributed by atoms with Crippen LogP contribution >= 0.6 is 15.9 Å². The quantitative estimate of drug-likeness (QED) is 0.904. The summed E-state index contributed by atoms with van der Waals surface area (Å²) in [5.41, 5.74) is 1.16. The van der Waals surface area contributed by atoms with E-state index in [-0.39, 0.29) is 18.1 Å². The zero-order valence-electron chi connectivity index (χ0n) is 12.2. The van der Waals surface area contributed by atoms with E-state index in [0.29, 0.717) is 12.6 Å². The van der Waals surface area contributed by atoms with Gasteiger partial charge in [-0.3, -0.25) is 9.69 Å². The number of amides is 1. The van der Waals surface area contributed by atoms with Crippen molar-refractivity contribution in [2.24, 2.45) is 0 Å². The largest absolute Gasteiger partial charge is 0.371 e. The van der Waals surface area contributed by atoms with E-state index < -0.39 is 0 Å². The molecule has 4 nitrogen and oxygen atoms in total. The van der Waals surface area contributed by atoms with Gasteiger partial charge in [0.1, 0.15) is 0 Å². The Morgan fingerprint density at radius 2 is 2.29 bits per heavy atom. The van der Waals surface area contributed by atoms with Crippen LogP contribution in [0, 0.1) is 0 Å². The Balaban J connectivity index is 1.63. The molecule has 3 rings (SSSR count). The van der Waals surface area contributed by atoms with Crippen LogP contribution in [0.1, 0.15) is 31.4 Å². The summed E-state index contributed by atoms with van der Waals surface area (Å²) < 4.78 is 6.93. The minimum absolute atomic E-state index is 0.0347. The van der Waals surface area contributed by atoms with Gasteiger partial charge in [0.05, 0.1) is 18.8 Å². The topological polar surface area (TPSA) is 41.6 Å². The molecule has 0 unspecified atom stereocenters. The van der Waals surface area contributed by atoms with Crippen molar-refractivity contribution in [3.05, 3.63) is 34.3 Å². The molecule has 0 radical (unpaired) electrons. The van der Waals surface area contributed by atoms with Gasteiger partial charge in [0.2, 0.25) is 5.91 Å². The Hall–Kier alpha value is -0.910. The van der Waals surface area contributed by atoms with Crippen LogP contribution in [0.5, 0.6) is 0 Å². The predicted octanol–water partition coefficient (Wildman–Crippen LogP) is 2.49. The third kappa shape index (κ3) is 3.84. The summed E-state index contributed by atoms with van der Waals surface area (Å²) in [6, 6.07) is 8.52. The van der Waals surface area contributed by atoms with E-state index in [0.717, 1.165) is 36.0 Å². The first-order valence-corrected chi connectivity index (χ1v) is 8.34. The molecule has 0 spiro atoms.